The first kappa shape index (κ1) is 17.2. The standard InChI is InChI=1S/C19H29N3O2/c1-24-17-8-6-15(7-9-17)18(22-11-2-3-12-22)14-21-19(23)16-5-4-10-20-13-16/h6-9,16,18,20H,2-5,10-14H2,1H3,(H,21,23). The molecule has 24 heavy (non-hydrogen) atoms. The maximum Gasteiger partial charge on any atom is 0.224 e. The zero-order valence-electron chi connectivity index (χ0n) is 14.6. The minimum Gasteiger partial charge on any atom is -0.497 e. The molecule has 0 bridgehead atoms. The first-order valence-electron chi connectivity index (χ1n) is 9.14. The van der Waals surface area contributed by atoms with Crippen LogP contribution in [0.1, 0.15) is 37.3 Å². The van der Waals surface area contributed by atoms with Crippen molar-refractivity contribution in [3.63, 3.8) is 0 Å². The molecular formula is C19H29N3O2. The van der Waals surface area contributed by atoms with Gasteiger partial charge in [0, 0.05) is 13.1 Å². The average Bonchev–Trinajstić information content (AvgIpc) is 3.17. The highest BCUT2D eigenvalue weighted by atomic mass is 16.5. The van der Waals surface area contributed by atoms with Gasteiger partial charge < -0.3 is 15.4 Å². The lowest BCUT2D eigenvalue weighted by Gasteiger charge is -2.29. The molecular weight excluding hydrogens is 302 g/mol. The quantitative estimate of drug-likeness (QED) is 0.837. The van der Waals surface area contributed by atoms with Crippen LogP contribution in [-0.2, 0) is 4.79 Å². The number of methoxy groups -OCH3 is 1. The molecule has 0 saturated carbocycles. The van der Waals surface area contributed by atoms with Gasteiger partial charge in [-0.2, -0.15) is 0 Å². The molecule has 5 nitrogen and oxygen atoms in total. The van der Waals surface area contributed by atoms with Crippen molar-refractivity contribution in [2.24, 2.45) is 5.92 Å². The summed E-state index contributed by atoms with van der Waals surface area (Å²) in [6.07, 6.45) is 4.57. The first-order valence-corrected chi connectivity index (χ1v) is 9.14. The van der Waals surface area contributed by atoms with E-state index in [2.05, 4.69) is 27.7 Å². The largest absolute Gasteiger partial charge is 0.497 e. The molecule has 1 aromatic rings. The Balaban J connectivity index is 1.64. The van der Waals surface area contributed by atoms with Gasteiger partial charge in [0.15, 0.2) is 0 Å². The van der Waals surface area contributed by atoms with Crippen LogP contribution in [0.25, 0.3) is 0 Å². The van der Waals surface area contributed by atoms with Crippen molar-refractivity contribution in [2.45, 2.75) is 31.7 Å². The van der Waals surface area contributed by atoms with Crippen LogP contribution in [0.3, 0.4) is 0 Å². The number of carbonyl (C=O) groups is 1. The SMILES string of the molecule is COc1ccc(C(CNC(=O)C2CCCNC2)N2CCCC2)cc1. The molecule has 2 atom stereocenters. The molecule has 0 aromatic heterocycles. The van der Waals surface area contributed by atoms with Gasteiger partial charge in [0.2, 0.25) is 5.91 Å². The smallest absolute Gasteiger partial charge is 0.224 e. The highest BCUT2D eigenvalue weighted by Gasteiger charge is 2.26. The Morgan fingerprint density at radius 3 is 2.67 bits per heavy atom. The fourth-order valence-corrected chi connectivity index (χ4v) is 3.75. The van der Waals surface area contributed by atoms with E-state index in [1.165, 1.54) is 18.4 Å². The summed E-state index contributed by atoms with van der Waals surface area (Å²) >= 11 is 0. The van der Waals surface area contributed by atoms with Crippen LogP contribution in [0.5, 0.6) is 5.75 Å². The average molecular weight is 331 g/mol. The summed E-state index contributed by atoms with van der Waals surface area (Å²) in [5.74, 6) is 1.19. The highest BCUT2D eigenvalue weighted by Crippen LogP contribution is 2.26. The fourth-order valence-electron chi connectivity index (χ4n) is 3.75. The van der Waals surface area contributed by atoms with E-state index in [1.807, 2.05) is 12.1 Å². The molecule has 2 unspecified atom stereocenters. The van der Waals surface area contributed by atoms with Gasteiger partial charge in [-0.15, -0.1) is 0 Å². The Kier molecular flexibility index (Phi) is 6.10. The number of rotatable bonds is 6. The van der Waals surface area contributed by atoms with Crippen molar-refractivity contribution in [3.05, 3.63) is 29.8 Å². The number of piperidine rings is 1. The van der Waals surface area contributed by atoms with E-state index < -0.39 is 0 Å². The zero-order chi connectivity index (χ0) is 16.8. The molecule has 132 valence electrons. The molecule has 3 rings (SSSR count). The second-order valence-electron chi connectivity index (χ2n) is 6.82. The number of likely N-dealkylation sites (tertiary alicyclic amines) is 1. The van der Waals surface area contributed by atoms with Crippen molar-refractivity contribution >= 4 is 5.91 Å². The summed E-state index contributed by atoms with van der Waals surface area (Å²) in [6.45, 7) is 4.74. The number of hydrogen-bond acceptors (Lipinski definition) is 4. The number of benzene rings is 1. The predicted molar refractivity (Wildman–Crippen MR) is 95.1 cm³/mol. The second kappa shape index (κ2) is 8.49. The number of hydrogen-bond donors (Lipinski definition) is 2. The number of amides is 1. The van der Waals surface area contributed by atoms with Crippen LogP contribution in [0.15, 0.2) is 24.3 Å². The third-order valence-corrected chi connectivity index (χ3v) is 5.22. The Hall–Kier alpha value is -1.59. The summed E-state index contributed by atoms with van der Waals surface area (Å²) in [5, 5.41) is 6.52. The Morgan fingerprint density at radius 2 is 2.04 bits per heavy atom. The maximum atomic E-state index is 12.5. The second-order valence-corrected chi connectivity index (χ2v) is 6.82. The van der Waals surface area contributed by atoms with Crippen molar-refractivity contribution < 1.29 is 9.53 Å². The van der Waals surface area contributed by atoms with E-state index >= 15 is 0 Å². The molecule has 2 heterocycles. The van der Waals surface area contributed by atoms with E-state index in [1.54, 1.807) is 7.11 Å². The molecule has 1 aromatic carbocycles. The lowest BCUT2D eigenvalue weighted by molar-refractivity contribution is -0.125. The minimum atomic E-state index is 0.119. The van der Waals surface area contributed by atoms with E-state index in [0.29, 0.717) is 6.54 Å². The topological polar surface area (TPSA) is 53.6 Å². The van der Waals surface area contributed by atoms with Crippen molar-refractivity contribution in [3.8, 4) is 5.75 Å². The van der Waals surface area contributed by atoms with Gasteiger partial charge >= 0.3 is 0 Å². The normalized spacial score (nSPS) is 23.0. The molecule has 0 aliphatic carbocycles. The van der Waals surface area contributed by atoms with Gasteiger partial charge in [-0.05, 0) is 63.0 Å². The molecule has 1 amide bonds. The number of carbonyl (C=O) groups excluding carboxylic acids is 1. The van der Waals surface area contributed by atoms with Gasteiger partial charge in [-0.25, -0.2) is 0 Å². The maximum absolute atomic E-state index is 12.5. The number of nitrogens with zero attached hydrogens (tertiary/aromatic N) is 1. The molecule has 2 aliphatic rings. The lowest BCUT2D eigenvalue weighted by atomic mass is 9.98. The van der Waals surface area contributed by atoms with Crippen LogP contribution in [0.2, 0.25) is 0 Å². The molecule has 5 heteroatoms. The summed E-state index contributed by atoms with van der Waals surface area (Å²) in [5.41, 5.74) is 1.25. The van der Waals surface area contributed by atoms with E-state index in [9.17, 15) is 4.79 Å². The Labute approximate surface area is 144 Å². The Bertz CT molecular complexity index is 520. The monoisotopic (exact) mass is 331 g/mol. The summed E-state index contributed by atoms with van der Waals surface area (Å²) in [7, 11) is 1.69. The van der Waals surface area contributed by atoms with Crippen LogP contribution in [-0.4, -0.2) is 50.6 Å². The minimum absolute atomic E-state index is 0.119. The van der Waals surface area contributed by atoms with Crippen LogP contribution in [0.4, 0.5) is 0 Å². The van der Waals surface area contributed by atoms with Crippen LogP contribution < -0.4 is 15.4 Å². The number of nitrogens with one attached hydrogen (secondary N) is 2. The van der Waals surface area contributed by atoms with E-state index in [4.69, 9.17) is 4.74 Å². The van der Waals surface area contributed by atoms with Crippen molar-refractivity contribution in [1.29, 1.82) is 0 Å². The summed E-state index contributed by atoms with van der Waals surface area (Å²) < 4.78 is 5.26. The van der Waals surface area contributed by atoms with Gasteiger partial charge in [0.25, 0.3) is 0 Å². The van der Waals surface area contributed by atoms with Crippen molar-refractivity contribution in [1.82, 2.24) is 15.5 Å². The highest BCUT2D eigenvalue weighted by molar-refractivity contribution is 5.79. The molecule has 2 N–H and O–H groups in total. The van der Waals surface area contributed by atoms with Gasteiger partial charge in [-0.1, -0.05) is 12.1 Å². The zero-order valence-corrected chi connectivity index (χ0v) is 14.6. The number of ether oxygens (including phenoxy) is 1. The first-order chi connectivity index (χ1) is 11.8. The van der Waals surface area contributed by atoms with E-state index in [0.717, 1.165) is 44.8 Å². The van der Waals surface area contributed by atoms with Crippen LogP contribution in [0, 0.1) is 5.92 Å². The third kappa shape index (κ3) is 4.28. The van der Waals surface area contributed by atoms with E-state index in [-0.39, 0.29) is 17.9 Å². The molecule has 2 aliphatic heterocycles. The molecule has 2 saturated heterocycles. The predicted octanol–water partition coefficient (Wildman–Crippen LogP) is 1.95. The van der Waals surface area contributed by atoms with Gasteiger partial charge in [-0.3, -0.25) is 9.69 Å². The molecule has 0 radical (unpaired) electrons. The fraction of sp³-hybridized carbons (Fsp3) is 0.632. The molecule has 0 spiro atoms. The Morgan fingerprint density at radius 1 is 1.29 bits per heavy atom. The van der Waals surface area contributed by atoms with Gasteiger partial charge in [0.05, 0.1) is 19.1 Å². The van der Waals surface area contributed by atoms with Crippen LogP contribution >= 0.6 is 0 Å². The third-order valence-electron chi connectivity index (χ3n) is 5.22. The van der Waals surface area contributed by atoms with Gasteiger partial charge in [0.1, 0.15) is 5.75 Å². The summed E-state index contributed by atoms with van der Waals surface area (Å²) in [4.78, 5) is 14.9. The lowest BCUT2D eigenvalue weighted by Crippen LogP contribution is -2.43. The van der Waals surface area contributed by atoms with Crippen molar-refractivity contribution in [2.75, 3.05) is 39.8 Å². The summed E-state index contributed by atoms with van der Waals surface area (Å²) in [6, 6.07) is 8.50. The molecule has 2 fully saturated rings.